The van der Waals surface area contributed by atoms with Gasteiger partial charge in [0.05, 0.1) is 6.61 Å². The topological polar surface area (TPSA) is 45.9 Å². The zero-order valence-electron chi connectivity index (χ0n) is 18.3. The Morgan fingerprint density at radius 1 is 0.938 bits per heavy atom. The highest BCUT2D eigenvalue weighted by molar-refractivity contribution is 5.83. The van der Waals surface area contributed by atoms with Crippen molar-refractivity contribution in [2.75, 3.05) is 44.2 Å². The minimum absolute atomic E-state index is 0.189. The van der Waals surface area contributed by atoms with E-state index >= 15 is 0 Å². The summed E-state index contributed by atoms with van der Waals surface area (Å²) in [5.74, 6) is 0.567. The smallest absolute Gasteiger partial charge is 0.339 e. The average Bonchev–Trinajstić information content (AvgIpc) is 3.31. The van der Waals surface area contributed by atoms with Gasteiger partial charge in [0, 0.05) is 48.9 Å². The summed E-state index contributed by atoms with van der Waals surface area (Å²) in [5.41, 5.74) is 3.54. The number of fused-ring (bicyclic) bond motifs is 3. The lowest BCUT2D eigenvalue weighted by Gasteiger charge is -2.36. The number of anilines is 1. The van der Waals surface area contributed by atoms with Crippen LogP contribution in [0.15, 0.2) is 51.7 Å². The highest BCUT2D eigenvalue weighted by Gasteiger charge is 2.20. The normalized spacial score (nSPS) is 16.5. The molecule has 168 valence electrons. The third-order valence-electron chi connectivity index (χ3n) is 6.65. The maximum absolute atomic E-state index is 13.1. The second-order valence-electron chi connectivity index (χ2n) is 8.72. The van der Waals surface area contributed by atoms with Crippen LogP contribution in [0.25, 0.3) is 11.0 Å². The number of hydrogen-bond donors (Lipinski definition) is 0. The summed E-state index contributed by atoms with van der Waals surface area (Å²) in [6.45, 7) is 5.68. The first-order valence-corrected chi connectivity index (χ1v) is 11.6. The highest BCUT2D eigenvalue weighted by Crippen LogP contribution is 2.29. The largest absolute Gasteiger partial charge is 0.493 e. The molecule has 0 unspecified atom stereocenters. The number of benzene rings is 2. The zero-order chi connectivity index (χ0) is 21.9. The van der Waals surface area contributed by atoms with E-state index in [2.05, 4.69) is 9.80 Å². The lowest BCUT2D eigenvalue weighted by molar-refractivity contribution is 0.238. The van der Waals surface area contributed by atoms with Crippen LogP contribution in [0.1, 0.15) is 30.4 Å². The Morgan fingerprint density at radius 3 is 2.53 bits per heavy atom. The van der Waals surface area contributed by atoms with E-state index < -0.39 is 0 Å². The van der Waals surface area contributed by atoms with Crippen LogP contribution >= 0.6 is 0 Å². The Balaban J connectivity index is 1.06. The molecule has 2 heterocycles. The second-order valence-corrected chi connectivity index (χ2v) is 8.72. The standard InChI is InChI=1S/C26H29FN2O3/c27-19-6-8-20(9-7-19)29-15-13-28(14-16-29)12-1-2-17-31-21-10-11-23-22-4-3-5-24(22)26(30)32-25(23)18-21/h6-11,18H,1-5,12-17H2. The Morgan fingerprint density at radius 2 is 1.72 bits per heavy atom. The summed E-state index contributed by atoms with van der Waals surface area (Å²) in [6.07, 6.45) is 4.86. The van der Waals surface area contributed by atoms with Crippen LogP contribution in [-0.2, 0) is 12.8 Å². The SMILES string of the molecule is O=c1oc2cc(OCCCCN3CCN(c4ccc(F)cc4)CC3)ccc2c2c1CCC2. The summed E-state index contributed by atoms with van der Waals surface area (Å²) in [5, 5.41) is 1.05. The summed E-state index contributed by atoms with van der Waals surface area (Å²) in [6, 6.07) is 12.6. The minimum Gasteiger partial charge on any atom is -0.493 e. The molecule has 32 heavy (non-hydrogen) atoms. The molecule has 1 aliphatic carbocycles. The van der Waals surface area contributed by atoms with Gasteiger partial charge in [-0.2, -0.15) is 0 Å². The van der Waals surface area contributed by atoms with Gasteiger partial charge in [0.25, 0.3) is 0 Å². The molecular weight excluding hydrogens is 407 g/mol. The van der Waals surface area contributed by atoms with Crippen molar-refractivity contribution in [3.63, 3.8) is 0 Å². The van der Waals surface area contributed by atoms with Crippen molar-refractivity contribution in [3.05, 3.63) is 69.8 Å². The highest BCUT2D eigenvalue weighted by atomic mass is 19.1. The summed E-state index contributed by atoms with van der Waals surface area (Å²) < 4.78 is 24.6. The van der Waals surface area contributed by atoms with E-state index in [4.69, 9.17) is 9.15 Å². The van der Waals surface area contributed by atoms with Gasteiger partial charge in [-0.1, -0.05) is 0 Å². The fourth-order valence-electron chi connectivity index (χ4n) is 4.86. The molecule has 0 N–H and O–H groups in total. The predicted molar refractivity (Wildman–Crippen MR) is 124 cm³/mol. The minimum atomic E-state index is -0.193. The molecule has 5 nitrogen and oxygen atoms in total. The molecule has 1 fully saturated rings. The van der Waals surface area contributed by atoms with Gasteiger partial charge in [0.15, 0.2) is 0 Å². The van der Waals surface area contributed by atoms with Gasteiger partial charge in [-0.25, -0.2) is 9.18 Å². The number of unbranched alkanes of at least 4 members (excludes halogenated alkanes) is 1. The molecule has 1 aromatic heterocycles. The summed E-state index contributed by atoms with van der Waals surface area (Å²) in [7, 11) is 0. The lowest BCUT2D eigenvalue weighted by atomic mass is 10.1. The van der Waals surface area contributed by atoms with Crippen molar-refractivity contribution in [2.24, 2.45) is 0 Å². The van der Waals surface area contributed by atoms with E-state index in [1.807, 2.05) is 30.3 Å². The summed E-state index contributed by atoms with van der Waals surface area (Å²) >= 11 is 0. The van der Waals surface area contributed by atoms with Crippen molar-refractivity contribution in [3.8, 4) is 5.75 Å². The molecule has 2 aromatic carbocycles. The van der Waals surface area contributed by atoms with Gasteiger partial charge in [0.2, 0.25) is 0 Å². The fourth-order valence-corrected chi connectivity index (χ4v) is 4.86. The molecule has 0 saturated carbocycles. The van der Waals surface area contributed by atoms with Gasteiger partial charge in [-0.05, 0) is 80.6 Å². The van der Waals surface area contributed by atoms with Crippen molar-refractivity contribution >= 4 is 16.7 Å². The Kier molecular flexibility index (Phi) is 6.12. The van der Waals surface area contributed by atoms with E-state index in [0.29, 0.717) is 12.2 Å². The number of hydrogen-bond acceptors (Lipinski definition) is 5. The van der Waals surface area contributed by atoms with Crippen LogP contribution in [0.2, 0.25) is 0 Å². The third kappa shape index (κ3) is 4.51. The molecule has 0 spiro atoms. The molecule has 0 atom stereocenters. The van der Waals surface area contributed by atoms with Gasteiger partial charge in [0.1, 0.15) is 17.1 Å². The number of aryl methyl sites for hydroxylation is 1. The van der Waals surface area contributed by atoms with E-state index in [9.17, 15) is 9.18 Å². The van der Waals surface area contributed by atoms with Crippen LogP contribution < -0.4 is 15.3 Å². The van der Waals surface area contributed by atoms with E-state index in [0.717, 1.165) is 92.8 Å². The van der Waals surface area contributed by atoms with Crippen LogP contribution in [0, 0.1) is 5.82 Å². The van der Waals surface area contributed by atoms with Gasteiger partial charge in [-0.15, -0.1) is 0 Å². The van der Waals surface area contributed by atoms with Crippen LogP contribution in [0.4, 0.5) is 10.1 Å². The van der Waals surface area contributed by atoms with Crippen molar-refractivity contribution in [1.82, 2.24) is 4.90 Å². The van der Waals surface area contributed by atoms with E-state index in [1.54, 1.807) is 0 Å². The molecule has 5 rings (SSSR count). The molecule has 3 aromatic rings. The first-order valence-electron chi connectivity index (χ1n) is 11.6. The van der Waals surface area contributed by atoms with Crippen molar-refractivity contribution in [2.45, 2.75) is 32.1 Å². The average molecular weight is 437 g/mol. The number of rotatable bonds is 7. The second kappa shape index (κ2) is 9.33. The van der Waals surface area contributed by atoms with Crippen LogP contribution in [0.3, 0.4) is 0 Å². The number of nitrogens with zero attached hydrogens (tertiary/aromatic N) is 2. The maximum Gasteiger partial charge on any atom is 0.339 e. The molecular formula is C26H29FN2O3. The van der Waals surface area contributed by atoms with E-state index in [-0.39, 0.29) is 11.4 Å². The van der Waals surface area contributed by atoms with Gasteiger partial charge in [-0.3, -0.25) is 4.90 Å². The van der Waals surface area contributed by atoms with E-state index in [1.165, 1.54) is 12.1 Å². The van der Waals surface area contributed by atoms with Crippen LogP contribution in [0.5, 0.6) is 5.75 Å². The maximum atomic E-state index is 13.1. The Bertz CT molecular complexity index is 1130. The Hall–Kier alpha value is -2.86. The third-order valence-corrected chi connectivity index (χ3v) is 6.65. The zero-order valence-corrected chi connectivity index (χ0v) is 18.3. The molecule has 6 heteroatoms. The molecule has 1 saturated heterocycles. The molecule has 1 aliphatic heterocycles. The lowest BCUT2D eigenvalue weighted by Crippen LogP contribution is -2.46. The number of halogens is 1. The molecule has 0 radical (unpaired) electrons. The van der Waals surface area contributed by atoms with Gasteiger partial charge >= 0.3 is 5.63 Å². The molecule has 0 bridgehead atoms. The number of piperazine rings is 1. The van der Waals surface area contributed by atoms with Crippen molar-refractivity contribution in [1.29, 1.82) is 0 Å². The predicted octanol–water partition coefficient (Wildman–Crippen LogP) is 4.40. The van der Waals surface area contributed by atoms with Crippen molar-refractivity contribution < 1.29 is 13.5 Å². The summed E-state index contributed by atoms with van der Waals surface area (Å²) in [4.78, 5) is 17.0. The first kappa shape index (κ1) is 21.0. The fraction of sp³-hybridized carbons (Fsp3) is 0.423. The Labute approximate surface area is 187 Å². The molecule has 0 amide bonds. The molecule has 2 aliphatic rings. The van der Waals surface area contributed by atoms with Crippen LogP contribution in [-0.4, -0.2) is 44.2 Å². The van der Waals surface area contributed by atoms with Gasteiger partial charge < -0.3 is 14.1 Å². The number of ether oxygens (including phenoxy) is 1. The first-order chi connectivity index (χ1) is 15.7. The quantitative estimate of drug-likeness (QED) is 0.406. The monoisotopic (exact) mass is 436 g/mol.